The van der Waals surface area contributed by atoms with Crippen LogP contribution in [0.4, 0.5) is 5.88 Å². The number of hydrogen-bond acceptors (Lipinski definition) is 6. The molecule has 0 aliphatic rings. The summed E-state index contributed by atoms with van der Waals surface area (Å²) in [6.45, 7) is 5.43. The molecular formula is C17H17N3O4. The zero-order chi connectivity index (χ0) is 17.7. The number of esters is 1. The number of amides is 1. The largest absolute Gasteiger partial charge is 0.452 e. The van der Waals surface area contributed by atoms with Gasteiger partial charge < -0.3 is 9.26 Å². The van der Waals surface area contributed by atoms with Crippen molar-refractivity contribution in [3.05, 3.63) is 47.2 Å². The van der Waals surface area contributed by atoms with Crippen molar-refractivity contribution in [2.24, 2.45) is 0 Å². The first-order chi connectivity index (χ1) is 11.3. The summed E-state index contributed by atoms with van der Waals surface area (Å²) >= 11 is 0. The third-order valence-electron chi connectivity index (χ3n) is 3.10. The van der Waals surface area contributed by atoms with Crippen molar-refractivity contribution in [1.82, 2.24) is 5.16 Å². The maximum atomic E-state index is 11.9. The molecule has 1 aromatic heterocycles. The van der Waals surface area contributed by atoms with Gasteiger partial charge in [0, 0.05) is 11.5 Å². The van der Waals surface area contributed by atoms with Gasteiger partial charge in [0.25, 0.3) is 5.91 Å². The fourth-order valence-electron chi connectivity index (χ4n) is 1.79. The summed E-state index contributed by atoms with van der Waals surface area (Å²) in [5.41, 5.74) is 1.04. The summed E-state index contributed by atoms with van der Waals surface area (Å²) in [7, 11) is 0. The summed E-state index contributed by atoms with van der Waals surface area (Å²) in [5, 5.41) is 15.1. The van der Waals surface area contributed by atoms with Crippen LogP contribution in [0.3, 0.4) is 0 Å². The first kappa shape index (κ1) is 17.2. The smallest absolute Gasteiger partial charge is 0.338 e. The molecular weight excluding hydrogens is 310 g/mol. The number of nitrogens with zero attached hydrogens (tertiary/aromatic N) is 2. The van der Waals surface area contributed by atoms with Crippen molar-refractivity contribution < 1.29 is 18.8 Å². The van der Waals surface area contributed by atoms with E-state index in [0.717, 1.165) is 0 Å². The van der Waals surface area contributed by atoms with Gasteiger partial charge in [-0.1, -0.05) is 32.0 Å². The van der Waals surface area contributed by atoms with Crippen LogP contribution in [0, 0.1) is 11.3 Å². The van der Waals surface area contributed by atoms with Crippen molar-refractivity contribution >= 4 is 17.8 Å². The van der Waals surface area contributed by atoms with Crippen LogP contribution >= 0.6 is 0 Å². The lowest BCUT2D eigenvalue weighted by atomic mass is 9.92. The maximum absolute atomic E-state index is 11.9. The molecule has 0 fully saturated rings. The number of aromatic nitrogens is 1. The van der Waals surface area contributed by atoms with E-state index in [1.807, 2.05) is 26.8 Å². The molecule has 7 nitrogen and oxygen atoms in total. The van der Waals surface area contributed by atoms with Crippen LogP contribution in [-0.2, 0) is 14.9 Å². The van der Waals surface area contributed by atoms with Crippen molar-refractivity contribution in [2.75, 3.05) is 11.9 Å². The number of carbonyl (C=O) groups excluding carboxylic acids is 2. The van der Waals surface area contributed by atoms with Crippen molar-refractivity contribution in [1.29, 1.82) is 5.26 Å². The molecule has 1 aromatic carbocycles. The zero-order valence-corrected chi connectivity index (χ0v) is 13.6. The molecule has 124 valence electrons. The molecule has 1 amide bonds. The lowest BCUT2D eigenvalue weighted by molar-refractivity contribution is -0.119. The number of carbonyl (C=O) groups is 2. The lowest BCUT2D eigenvalue weighted by Gasteiger charge is -2.12. The number of ether oxygens (including phenoxy) is 1. The molecule has 0 atom stereocenters. The number of nitrogens with one attached hydrogen (secondary N) is 1. The highest BCUT2D eigenvalue weighted by Gasteiger charge is 2.20. The number of nitriles is 1. The van der Waals surface area contributed by atoms with Gasteiger partial charge in [-0.05, 0) is 18.2 Å². The monoisotopic (exact) mass is 327 g/mol. The number of benzene rings is 1. The predicted molar refractivity (Wildman–Crippen MR) is 85.3 cm³/mol. The van der Waals surface area contributed by atoms with Crippen LogP contribution in [0.2, 0.25) is 0 Å². The number of anilines is 1. The highest BCUT2D eigenvalue weighted by Crippen LogP contribution is 2.23. The molecule has 0 unspecified atom stereocenters. The Bertz CT molecular complexity index is 797. The van der Waals surface area contributed by atoms with Crippen LogP contribution in [-0.4, -0.2) is 23.6 Å². The average molecular weight is 327 g/mol. The van der Waals surface area contributed by atoms with Crippen LogP contribution in [0.5, 0.6) is 0 Å². The Hall–Kier alpha value is -3.14. The Labute approximate surface area is 139 Å². The fourth-order valence-corrected chi connectivity index (χ4v) is 1.79. The minimum atomic E-state index is -0.685. The van der Waals surface area contributed by atoms with Crippen LogP contribution in [0.25, 0.3) is 0 Å². The van der Waals surface area contributed by atoms with E-state index in [1.54, 1.807) is 18.2 Å². The second kappa shape index (κ2) is 6.96. The van der Waals surface area contributed by atoms with Crippen molar-refractivity contribution in [3.63, 3.8) is 0 Å². The fraction of sp³-hybridized carbons (Fsp3) is 0.294. The molecule has 1 N–H and O–H groups in total. The standard InChI is InChI=1S/C17H17N3O4/c1-17(2,3)13-8-15(24-20-13)19-14(21)10-23-16(22)12-6-4-5-11(7-12)9-18/h4-8H,10H2,1-3H3,(H,19,21). The molecule has 7 heteroatoms. The maximum Gasteiger partial charge on any atom is 0.338 e. The molecule has 0 radical (unpaired) electrons. The molecule has 0 bridgehead atoms. The third kappa shape index (κ3) is 4.43. The van der Waals surface area contributed by atoms with Crippen LogP contribution < -0.4 is 5.32 Å². The SMILES string of the molecule is CC(C)(C)c1cc(NC(=O)COC(=O)c2cccc(C#N)c2)on1. The van der Waals surface area contributed by atoms with E-state index in [9.17, 15) is 9.59 Å². The van der Waals surface area contributed by atoms with Gasteiger partial charge in [-0.2, -0.15) is 5.26 Å². The molecule has 0 aliphatic carbocycles. The second-order valence-corrected chi connectivity index (χ2v) is 6.14. The Morgan fingerprint density at radius 1 is 1.33 bits per heavy atom. The lowest BCUT2D eigenvalue weighted by Crippen LogP contribution is -2.20. The van der Waals surface area contributed by atoms with Gasteiger partial charge in [-0.15, -0.1) is 0 Å². The molecule has 0 saturated heterocycles. The first-order valence-electron chi connectivity index (χ1n) is 7.24. The Kier molecular flexibility index (Phi) is 4.99. The molecule has 1 heterocycles. The van der Waals surface area contributed by atoms with Crippen LogP contribution in [0.1, 0.15) is 42.4 Å². The Morgan fingerprint density at radius 2 is 2.08 bits per heavy atom. The topological polar surface area (TPSA) is 105 Å². The van der Waals surface area contributed by atoms with Gasteiger partial charge in [0.1, 0.15) is 0 Å². The molecule has 0 saturated carbocycles. The van der Waals surface area contributed by atoms with Gasteiger partial charge in [0.15, 0.2) is 6.61 Å². The summed E-state index contributed by atoms with van der Waals surface area (Å²) in [6.07, 6.45) is 0. The van der Waals surface area contributed by atoms with E-state index in [0.29, 0.717) is 11.3 Å². The van der Waals surface area contributed by atoms with Gasteiger partial charge >= 0.3 is 5.97 Å². The zero-order valence-electron chi connectivity index (χ0n) is 13.6. The molecule has 2 aromatic rings. The Balaban J connectivity index is 1.90. The highest BCUT2D eigenvalue weighted by atomic mass is 16.5. The summed E-state index contributed by atoms with van der Waals surface area (Å²) in [5.74, 6) is -1.04. The summed E-state index contributed by atoms with van der Waals surface area (Å²) in [4.78, 5) is 23.7. The molecule has 24 heavy (non-hydrogen) atoms. The van der Waals surface area contributed by atoms with Crippen molar-refractivity contribution in [3.8, 4) is 6.07 Å². The van der Waals surface area contributed by atoms with E-state index in [2.05, 4.69) is 10.5 Å². The van der Waals surface area contributed by atoms with E-state index >= 15 is 0 Å². The van der Waals surface area contributed by atoms with E-state index in [4.69, 9.17) is 14.5 Å². The second-order valence-electron chi connectivity index (χ2n) is 6.14. The third-order valence-corrected chi connectivity index (χ3v) is 3.10. The van der Waals surface area contributed by atoms with Crippen LogP contribution in [0.15, 0.2) is 34.9 Å². The predicted octanol–water partition coefficient (Wildman–Crippen LogP) is 2.64. The minimum Gasteiger partial charge on any atom is -0.452 e. The minimum absolute atomic E-state index is 0.187. The van der Waals surface area contributed by atoms with Gasteiger partial charge in [-0.3, -0.25) is 10.1 Å². The normalized spacial score (nSPS) is 10.8. The van der Waals surface area contributed by atoms with Gasteiger partial charge in [0.2, 0.25) is 5.88 Å². The van der Waals surface area contributed by atoms with E-state index in [1.165, 1.54) is 12.1 Å². The quantitative estimate of drug-likeness (QED) is 0.865. The summed E-state index contributed by atoms with van der Waals surface area (Å²) in [6, 6.07) is 9.59. The van der Waals surface area contributed by atoms with E-state index < -0.39 is 18.5 Å². The summed E-state index contributed by atoms with van der Waals surface area (Å²) < 4.78 is 9.94. The number of hydrogen-bond donors (Lipinski definition) is 1. The Morgan fingerprint density at radius 3 is 2.71 bits per heavy atom. The van der Waals surface area contributed by atoms with Gasteiger partial charge in [-0.25, -0.2) is 4.79 Å². The first-order valence-corrected chi connectivity index (χ1v) is 7.24. The highest BCUT2D eigenvalue weighted by molar-refractivity contribution is 5.95. The molecule has 0 spiro atoms. The van der Waals surface area contributed by atoms with E-state index in [-0.39, 0.29) is 16.9 Å². The molecule has 0 aliphatic heterocycles. The number of rotatable bonds is 4. The van der Waals surface area contributed by atoms with Crippen molar-refractivity contribution in [2.45, 2.75) is 26.2 Å². The molecule has 2 rings (SSSR count). The average Bonchev–Trinajstić information content (AvgIpc) is 3.01. The van der Waals surface area contributed by atoms with Gasteiger partial charge in [0.05, 0.1) is 22.9 Å².